The first-order valence-electron chi connectivity index (χ1n) is 7.34. The van der Waals surface area contributed by atoms with Crippen molar-refractivity contribution in [1.29, 1.82) is 5.26 Å². The molecule has 0 bridgehead atoms. The topological polar surface area (TPSA) is 61.9 Å². The van der Waals surface area contributed by atoms with E-state index >= 15 is 0 Å². The van der Waals surface area contributed by atoms with E-state index in [4.69, 9.17) is 5.26 Å². The van der Waals surface area contributed by atoms with E-state index in [0.29, 0.717) is 5.82 Å². The van der Waals surface area contributed by atoms with Crippen LogP contribution in [0.1, 0.15) is 31.6 Å². The van der Waals surface area contributed by atoms with Crippen molar-refractivity contribution in [3.8, 4) is 6.07 Å². The quantitative estimate of drug-likeness (QED) is 0.867. The average molecular weight is 282 g/mol. The number of benzene rings is 1. The maximum absolute atomic E-state index is 12.6. The van der Waals surface area contributed by atoms with Crippen LogP contribution in [0.25, 0.3) is 11.0 Å². The van der Waals surface area contributed by atoms with Gasteiger partial charge in [-0.05, 0) is 31.9 Å². The number of hydrogen-bond donors (Lipinski definition) is 0. The lowest BCUT2D eigenvalue weighted by atomic mass is 10.2. The van der Waals surface area contributed by atoms with Crippen molar-refractivity contribution in [2.75, 3.05) is 13.1 Å². The molecule has 0 aliphatic carbocycles. The van der Waals surface area contributed by atoms with Gasteiger partial charge in [0.15, 0.2) is 0 Å². The van der Waals surface area contributed by atoms with Crippen LogP contribution in [0.5, 0.6) is 0 Å². The molecule has 1 aromatic heterocycles. The molecule has 1 aliphatic heterocycles. The number of nitriles is 1. The number of fused-ring (bicyclic) bond motifs is 1. The zero-order valence-electron chi connectivity index (χ0n) is 12.1. The highest BCUT2D eigenvalue weighted by Gasteiger charge is 2.27. The van der Waals surface area contributed by atoms with Crippen LogP contribution >= 0.6 is 0 Å². The molecule has 21 heavy (non-hydrogen) atoms. The van der Waals surface area contributed by atoms with Gasteiger partial charge < -0.3 is 9.47 Å². The van der Waals surface area contributed by atoms with Crippen molar-refractivity contribution < 1.29 is 4.79 Å². The van der Waals surface area contributed by atoms with Crippen LogP contribution in [0.3, 0.4) is 0 Å². The van der Waals surface area contributed by atoms with Gasteiger partial charge in [0, 0.05) is 13.1 Å². The molecule has 1 amide bonds. The first-order chi connectivity index (χ1) is 10.2. The Bertz CT molecular complexity index is 707. The van der Waals surface area contributed by atoms with Crippen molar-refractivity contribution in [1.82, 2.24) is 14.5 Å². The van der Waals surface area contributed by atoms with Crippen LogP contribution in [0.15, 0.2) is 24.3 Å². The Morgan fingerprint density at radius 1 is 1.38 bits per heavy atom. The molecule has 1 aromatic carbocycles. The molecule has 2 heterocycles. The van der Waals surface area contributed by atoms with Gasteiger partial charge in [-0.1, -0.05) is 12.1 Å². The van der Waals surface area contributed by atoms with Gasteiger partial charge in [-0.25, -0.2) is 4.98 Å². The van der Waals surface area contributed by atoms with Gasteiger partial charge in [0.25, 0.3) is 0 Å². The molecule has 1 unspecified atom stereocenters. The minimum absolute atomic E-state index is 0.120. The lowest BCUT2D eigenvalue weighted by molar-refractivity contribution is -0.133. The predicted octanol–water partition coefficient (Wildman–Crippen LogP) is 2.29. The highest BCUT2D eigenvalue weighted by Crippen LogP contribution is 2.24. The molecule has 2 aromatic rings. The van der Waals surface area contributed by atoms with E-state index in [1.54, 1.807) is 0 Å². The number of imidazole rings is 1. The van der Waals surface area contributed by atoms with Gasteiger partial charge in [0.05, 0.1) is 23.5 Å². The van der Waals surface area contributed by atoms with Crippen molar-refractivity contribution in [2.24, 2.45) is 0 Å². The molecule has 1 saturated heterocycles. The third-order valence-corrected chi connectivity index (χ3v) is 4.07. The molecular weight excluding hydrogens is 264 g/mol. The summed E-state index contributed by atoms with van der Waals surface area (Å²) in [5.41, 5.74) is 1.76. The van der Waals surface area contributed by atoms with E-state index in [0.717, 1.165) is 37.0 Å². The Labute approximate surface area is 123 Å². The van der Waals surface area contributed by atoms with E-state index < -0.39 is 0 Å². The highest BCUT2D eigenvalue weighted by atomic mass is 16.2. The summed E-state index contributed by atoms with van der Waals surface area (Å²) in [5, 5.41) is 9.00. The Morgan fingerprint density at radius 2 is 2.10 bits per heavy atom. The summed E-state index contributed by atoms with van der Waals surface area (Å²) in [4.78, 5) is 19.1. The standard InChI is InChI=1S/C16H18N4O/c1-12(16(21)19-10-4-5-11-19)20-14-7-3-2-6-13(14)18-15(20)8-9-17/h2-3,6-7,12H,4-5,8,10-11H2,1H3. The molecule has 0 spiro atoms. The molecule has 5 heteroatoms. The molecule has 1 aliphatic rings. The number of nitrogens with zero attached hydrogens (tertiary/aromatic N) is 4. The molecule has 0 radical (unpaired) electrons. The normalized spacial score (nSPS) is 16.1. The first-order valence-corrected chi connectivity index (χ1v) is 7.34. The maximum Gasteiger partial charge on any atom is 0.245 e. The number of hydrogen-bond acceptors (Lipinski definition) is 3. The van der Waals surface area contributed by atoms with Crippen LogP contribution in [-0.2, 0) is 11.2 Å². The Hall–Kier alpha value is -2.35. The second kappa shape index (κ2) is 5.57. The Morgan fingerprint density at radius 3 is 2.81 bits per heavy atom. The molecular formula is C16H18N4O. The van der Waals surface area contributed by atoms with Crippen LogP contribution in [-0.4, -0.2) is 33.4 Å². The fourth-order valence-electron chi connectivity index (χ4n) is 3.03. The second-order valence-electron chi connectivity index (χ2n) is 5.43. The van der Waals surface area contributed by atoms with E-state index in [-0.39, 0.29) is 18.4 Å². The lowest BCUT2D eigenvalue weighted by Gasteiger charge is -2.22. The third-order valence-electron chi connectivity index (χ3n) is 4.07. The average Bonchev–Trinajstić information content (AvgIpc) is 3.13. The predicted molar refractivity (Wildman–Crippen MR) is 79.6 cm³/mol. The molecule has 1 atom stereocenters. The summed E-state index contributed by atoms with van der Waals surface area (Å²) in [6.45, 7) is 3.57. The number of likely N-dealkylation sites (tertiary alicyclic amines) is 1. The smallest absolute Gasteiger partial charge is 0.245 e. The monoisotopic (exact) mass is 282 g/mol. The summed E-state index contributed by atoms with van der Waals surface area (Å²) in [7, 11) is 0. The molecule has 1 fully saturated rings. The summed E-state index contributed by atoms with van der Waals surface area (Å²) in [6, 6.07) is 9.55. The third kappa shape index (κ3) is 2.38. The number of aromatic nitrogens is 2. The zero-order chi connectivity index (χ0) is 14.8. The van der Waals surface area contributed by atoms with Gasteiger partial charge in [-0.3, -0.25) is 4.79 Å². The summed E-state index contributed by atoms with van der Waals surface area (Å²) in [6.07, 6.45) is 2.37. The fraction of sp³-hybridized carbons (Fsp3) is 0.438. The van der Waals surface area contributed by atoms with Crippen molar-refractivity contribution in [3.05, 3.63) is 30.1 Å². The summed E-state index contributed by atoms with van der Waals surface area (Å²) < 4.78 is 1.92. The van der Waals surface area contributed by atoms with Gasteiger partial charge in [-0.15, -0.1) is 0 Å². The molecule has 0 N–H and O–H groups in total. The molecule has 5 nitrogen and oxygen atoms in total. The Kier molecular flexibility index (Phi) is 3.61. The number of carbonyl (C=O) groups is 1. The number of carbonyl (C=O) groups excluding carboxylic acids is 1. The summed E-state index contributed by atoms with van der Waals surface area (Å²) >= 11 is 0. The first kappa shape index (κ1) is 13.6. The van der Waals surface area contributed by atoms with Gasteiger partial charge in [-0.2, -0.15) is 5.26 Å². The van der Waals surface area contributed by atoms with Crippen molar-refractivity contribution >= 4 is 16.9 Å². The highest BCUT2D eigenvalue weighted by molar-refractivity contribution is 5.84. The SMILES string of the molecule is CC(C(=O)N1CCCC1)n1c(CC#N)nc2ccccc21. The van der Waals surface area contributed by atoms with Gasteiger partial charge in [0.2, 0.25) is 5.91 Å². The fourth-order valence-corrected chi connectivity index (χ4v) is 3.03. The van der Waals surface area contributed by atoms with E-state index in [9.17, 15) is 4.79 Å². The molecule has 0 saturated carbocycles. The zero-order valence-corrected chi connectivity index (χ0v) is 12.1. The van der Waals surface area contributed by atoms with E-state index in [2.05, 4.69) is 11.1 Å². The summed E-state index contributed by atoms with van der Waals surface area (Å²) in [5.74, 6) is 0.786. The largest absolute Gasteiger partial charge is 0.341 e. The maximum atomic E-state index is 12.6. The molecule has 108 valence electrons. The van der Waals surface area contributed by atoms with Gasteiger partial charge in [0.1, 0.15) is 11.9 Å². The molecule has 3 rings (SSSR count). The van der Waals surface area contributed by atoms with Crippen LogP contribution in [0, 0.1) is 11.3 Å². The van der Waals surface area contributed by atoms with Crippen LogP contribution in [0.4, 0.5) is 0 Å². The van der Waals surface area contributed by atoms with Crippen LogP contribution in [0.2, 0.25) is 0 Å². The number of para-hydroxylation sites is 2. The number of rotatable bonds is 3. The second-order valence-corrected chi connectivity index (χ2v) is 5.43. The van der Waals surface area contributed by atoms with Gasteiger partial charge >= 0.3 is 0 Å². The van der Waals surface area contributed by atoms with Crippen LogP contribution < -0.4 is 0 Å². The minimum Gasteiger partial charge on any atom is -0.341 e. The van der Waals surface area contributed by atoms with E-state index in [1.807, 2.05) is 40.7 Å². The van der Waals surface area contributed by atoms with Crippen molar-refractivity contribution in [3.63, 3.8) is 0 Å². The number of amides is 1. The lowest BCUT2D eigenvalue weighted by Crippen LogP contribution is -2.34. The minimum atomic E-state index is -0.321. The van der Waals surface area contributed by atoms with Crippen molar-refractivity contribution in [2.45, 2.75) is 32.2 Å². The Balaban J connectivity index is 2.03. The van der Waals surface area contributed by atoms with E-state index in [1.165, 1.54) is 0 Å².